The summed E-state index contributed by atoms with van der Waals surface area (Å²) in [5.41, 5.74) is 10.2. The van der Waals surface area contributed by atoms with Crippen LogP contribution in [0.1, 0.15) is 42.5 Å². The van der Waals surface area contributed by atoms with Gasteiger partial charge in [0.05, 0.1) is 0 Å². The van der Waals surface area contributed by atoms with Crippen LogP contribution in [0.25, 0.3) is 0 Å². The van der Waals surface area contributed by atoms with Crippen LogP contribution < -0.4 is 5.73 Å². The van der Waals surface area contributed by atoms with Crippen LogP contribution in [0.15, 0.2) is 18.2 Å². The molecule has 1 aromatic rings. The molecule has 0 aliphatic carbocycles. The molecule has 2 rings (SSSR count). The fraction of sp³-hybridized carbons (Fsp3) is 0.625. The zero-order chi connectivity index (χ0) is 13.1. The van der Waals surface area contributed by atoms with Crippen LogP contribution in [0.5, 0.6) is 0 Å². The van der Waals surface area contributed by atoms with E-state index in [-0.39, 0.29) is 0 Å². The highest BCUT2D eigenvalue weighted by atomic mass is 15.2. The average Bonchev–Trinajstić information content (AvgIpc) is 2.83. The number of benzene rings is 1. The summed E-state index contributed by atoms with van der Waals surface area (Å²) < 4.78 is 0. The summed E-state index contributed by atoms with van der Waals surface area (Å²) in [4.78, 5) is 2.58. The van der Waals surface area contributed by atoms with Gasteiger partial charge in [0, 0.05) is 19.1 Å². The first-order valence-corrected chi connectivity index (χ1v) is 7.17. The Balaban J connectivity index is 2.20. The second-order valence-corrected chi connectivity index (χ2v) is 5.67. The lowest BCUT2D eigenvalue weighted by Gasteiger charge is -2.28. The molecule has 1 heterocycles. The van der Waals surface area contributed by atoms with Gasteiger partial charge >= 0.3 is 0 Å². The van der Waals surface area contributed by atoms with Crippen LogP contribution in [0.2, 0.25) is 0 Å². The summed E-state index contributed by atoms with van der Waals surface area (Å²) in [5, 5.41) is 0. The van der Waals surface area contributed by atoms with E-state index < -0.39 is 0 Å². The predicted molar refractivity (Wildman–Crippen MR) is 77.7 cm³/mol. The molecule has 2 unspecified atom stereocenters. The van der Waals surface area contributed by atoms with Gasteiger partial charge in [0.15, 0.2) is 0 Å². The molecule has 1 aliphatic heterocycles. The van der Waals surface area contributed by atoms with Crippen LogP contribution in [0, 0.1) is 19.8 Å². The van der Waals surface area contributed by atoms with Crippen molar-refractivity contribution in [3.63, 3.8) is 0 Å². The normalized spacial score (nSPS) is 22.3. The zero-order valence-electron chi connectivity index (χ0n) is 11.9. The van der Waals surface area contributed by atoms with Gasteiger partial charge in [-0.1, -0.05) is 37.1 Å². The zero-order valence-corrected chi connectivity index (χ0v) is 11.9. The SMILES string of the molecule is CCC1CCN(C(CN)c2cc(C)ccc2C)C1. The van der Waals surface area contributed by atoms with Crippen LogP contribution in [0.4, 0.5) is 0 Å². The minimum absolute atomic E-state index is 0.404. The van der Waals surface area contributed by atoms with Crippen molar-refractivity contribution in [3.05, 3.63) is 34.9 Å². The Morgan fingerprint density at radius 3 is 2.78 bits per heavy atom. The summed E-state index contributed by atoms with van der Waals surface area (Å²) >= 11 is 0. The molecule has 2 N–H and O–H groups in total. The molecule has 2 atom stereocenters. The smallest absolute Gasteiger partial charge is 0.0473 e. The number of nitrogens with zero attached hydrogens (tertiary/aromatic N) is 1. The summed E-state index contributed by atoms with van der Waals surface area (Å²) in [5.74, 6) is 0.865. The molecule has 2 nitrogen and oxygen atoms in total. The summed E-state index contributed by atoms with van der Waals surface area (Å²) in [7, 11) is 0. The van der Waals surface area contributed by atoms with Crippen molar-refractivity contribution < 1.29 is 0 Å². The van der Waals surface area contributed by atoms with E-state index in [1.165, 1.54) is 42.6 Å². The van der Waals surface area contributed by atoms with Crippen molar-refractivity contribution in [1.29, 1.82) is 0 Å². The lowest BCUT2D eigenvalue weighted by Crippen LogP contribution is -2.32. The molecular formula is C16H26N2. The Morgan fingerprint density at radius 1 is 1.39 bits per heavy atom. The molecule has 0 spiro atoms. The maximum Gasteiger partial charge on any atom is 0.0473 e. The minimum Gasteiger partial charge on any atom is -0.329 e. The lowest BCUT2D eigenvalue weighted by molar-refractivity contribution is 0.240. The molecule has 18 heavy (non-hydrogen) atoms. The van der Waals surface area contributed by atoms with Crippen molar-refractivity contribution in [1.82, 2.24) is 4.90 Å². The Bertz CT molecular complexity index is 400. The topological polar surface area (TPSA) is 29.3 Å². The standard InChI is InChI=1S/C16H26N2/c1-4-14-7-8-18(11-14)16(10-17)15-9-12(2)5-6-13(15)3/h5-6,9,14,16H,4,7-8,10-11,17H2,1-3H3. The van der Waals surface area contributed by atoms with E-state index in [1.54, 1.807) is 0 Å². The van der Waals surface area contributed by atoms with Gasteiger partial charge in [-0.15, -0.1) is 0 Å². The first-order valence-electron chi connectivity index (χ1n) is 7.17. The second kappa shape index (κ2) is 5.85. The van der Waals surface area contributed by atoms with Gasteiger partial charge in [0.25, 0.3) is 0 Å². The number of likely N-dealkylation sites (tertiary alicyclic amines) is 1. The van der Waals surface area contributed by atoms with E-state index in [4.69, 9.17) is 5.73 Å². The Labute approximate surface area is 111 Å². The predicted octanol–water partition coefficient (Wildman–Crippen LogP) is 3.04. The third kappa shape index (κ3) is 2.76. The van der Waals surface area contributed by atoms with Crippen molar-refractivity contribution in [2.24, 2.45) is 11.7 Å². The summed E-state index contributed by atoms with van der Waals surface area (Å²) in [6.45, 7) is 9.80. The number of aryl methyl sites for hydroxylation is 2. The molecular weight excluding hydrogens is 220 g/mol. The van der Waals surface area contributed by atoms with E-state index in [2.05, 4.69) is 43.9 Å². The summed E-state index contributed by atoms with van der Waals surface area (Å²) in [6, 6.07) is 7.12. The van der Waals surface area contributed by atoms with Gasteiger partial charge in [-0.25, -0.2) is 0 Å². The summed E-state index contributed by atoms with van der Waals surface area (Å²) in [6.07, 6.45) is 2.62. The molecule has 2 heteroatoms. The van der Waals surface area contributed by atoms with Gasteiger partial charge in [-0.2, -0.15) is 0 Å². The van der Waals surface area contributed by atoms with Crippen LogP contribution >= 0.6 is 0 Å². The average molecular weight is 246 g/mol. The first kappa shape index (κ1) is 13.6. The quantitative estimate of drug-likeness (QED) is 0.885. The molecule has 1 saturated heterocycles. The van der Waals surface area contributed by atoms with E-state index in [0.29, 0.717) is 6.04 Å². The van der Waals surface area contributed by atoms with Crippen molar-refractivity contribution in [2.75, 3.05) is 19.6 Å². The molecule has 0 bridgehead atoms. The Kier molecular flexibility index (Phi) is 4.41. The highest BCUT2D eigenvalue weighted by Crippen LogP contribution is 2.30. The van der Waals surface area contributed by atoms with Crippen molar-refractivity contribution >= 4 is 0 Å². The van der Waals surface area contributed by atoms with Crippen molar-refractivity contribution in [3.8, 4) is 0 Å². The molecule has 0 radical (unpaired) electrons. The van der Waals surface area contributed by atoms with Gasteiger partial charge in [-0.05, 0) is 43.9 Å². The highest BCUT2D eigenvalue weighted by Gasteiger charge is 2.28. The molecule has 1 aromatic carbocycles. The monoisotopic (exact) mass is 246 g/mol. The number of hydrogen-bond donors (Lipinski definition) is 1. The van der Waals surface area contributed by atoms with E-state index in [9.17, 15) is 0 Å². The molecule has 0 amide bonds. The molecule has 1 fully saturated rings. The minimum atomic E-state index is 0.404. The largest absolute Gasteiger partial charge is 0.329 e. The molecule has 100 valence electrons. The van der Waals surface area contributed by atoms with Crippen molar-refractivity contribution in [2.45, 2.75) is 39.7 Å². The van der Waals surface area contributed by atoms with E-state index in [1.807, 2.05) is 0 Å². The maximum atomic E-state index is 6.05. The number of hydrogen-bond acceptors (Lipinski definition) is 2. The van der Waals surface area contributed by atoms with Gasteiger partial charge in [0.2, 0.25) is 0 Å². The second-order valence-electron chi connectivity index (χ2n) is 5.67. The maximum absolute atomic E-state index is 6.05. The highest BCUT2D eigenvalue weighted by molar-refractivity contribution is 5.33. The Hall–Kier alpha value is -0.860. The van der Waals surface area contributed by atoms with E-state index >= 15 is 0 Å². The third-order valence-electron chi connectivity index (χ3n) is 4.35. The van der Waals surface area contributed by atoms with Gasteiger partial charge in [0.1, 0.15) is 0 Å². The van der Waals surface area contributed by atoms with Crippen LogP contribution in [-0.4, -0.2) is 24.5 Å². The Morgan fingerprint density at radius 2 is 2.17 bits per heavy atom. The van der Waals surface area contributed by atoms with Gasteiger partial charge in [-0.3, -0.25) is 4.90 Å². The molecule has 1 aliphatic rings. The number of rotatable bonds is 4. The number of nitrogens with two attached hydrogens (primary N) is 1. The fourth-order valence-corrected chi connectivity index (χ4v) is 3.07. The van der Waals surface area contributed by atoms with Crippen LogP contribution in [0.3, 0.4) is 0 Å². The molecule has 0 saturated carbocycles. The third-order valence-corrected chi connectivity index (χ3v) is 4.35. The van der Waals surface area contributed by atoms with Crippen LogP contribution in [-0.2, 0) is 0 Å². The van der Waals surface area contributed by atoms with Gasteiger partial charge < -0.3 is 5.73 Å². The van der Waals surface area contributed by atoms with E-state index in [0.717, 1.165) is 12.5 Å². The molecule has 0 aromatic heterocycles. The first-order chi connectivity index (χ1) is 8.65. The lowest BCUT2D eigenvalue weighted by atomic mass is 9.98. The fourth-order valence-electron chi connectivity index (χ4n) is 3.07.